The topological polar surface area (TPSA) is 57.7 Å². The molecule has 0 N–H and O–H groups in total. The van der Waals surface area contributed by atoms with Gasteiger partial charge in [0.2, 0.25) is 0 Å². The molecule has 2 fully saturated rings. The molecule has 2 aromatic carbocycles. The summed E-state index contributed by atoms with van der Waals surface area (Å²) in [5.74, 6) is -0.131. The molecule has 2 amide bonds. The second-order valence-electron chi connectivity index (χ2n) is 6.31. The summed E-state index contributed by atoms with van der Waals surface area (Å²) in [6, 6.07) is 10.9. The molecule has 2 aromatic rings. The zero-order valence-corrected chi connectivity index (χ0v) is 17.2. The monoisotopic (exact) mass is 474 g/mol. The molecule has 2 aliphatic heterocycles. The molecule has 0 aliphatic carbocycles. The fourth-order valence-corrected chi connectivity index (χ4v) is 6.02. The number of amides is 2. The van der Waals surface area contributed by atoms with Crippen molar-refractivity contribution in [2.75, 3.05) is 21.3 Å². The van der Waals surface area contributed by atoms with Gasteiger partial charge in [0.05, 0.1) is 33.6 Å². The third-order valence-electron chi connectivity index (χ3n) is 4.66. The van der Waals surface area contributed by atoms with E-state index in [1.807, 2.05) is 12.1 Å². The summed E-state index contributed by atoms with van der Waals surface area (Å²) in [6.45, 7) is 0. The van der Waals surface area contributed by atoms with E-state index in [2.05, 4.69) is 15.9 Å². The van der Waals surface area contributed by atoms with Crippen LogP contribution in [0.25, 0.3) is 0 Å². The maximum absolute atomic E-state index is 13.2. The van der Waals surface area contributed by atoms with Gasteiger partial charge in [0.25, 0.3) is 0 Å². The molecule has 0 saturated carbocycles. The fourth-order valence-electron chi connectivity index (χ4n) is 3.54. The molecule has 5 nitrogen and oxygen atoms in total. The Balaban J connectivity index is 1.81. The molecule has 2 atom stereocenters. The van der Waals surface area contributed by atoms with Crippen molar-refractivity contribution in [2.45, 2.75) is 12.1 Å². The smallest absolute Gasteiger partial charge is 0.288 e. The third kappa shape index (κ3) is 3.01. The third-order valence-corrected chi connectivity index (χ3v) is 7.62. The Hall–Kier alpha value is -1.28. The molecule has 0 bridgehead atoms. The zero-order valence-electron chi connectivity index (χ0n) is 13.3. The van der Waals surface area contributed by atoms with Crippen LogP contribution >= 0.6 is 39.1 Å². The number of halogens is 3. The molecule has 2 aliphatic rings. The van der Waals surface area contributed by atoms with E-state index in [1.165, 1.54) is 4.90 Å². The van der Waals surface area contributed by atoms with Gasteiger partial charge >= 0.3 is 6.03 Å². The van der Waals surface area contributed by atoms with Gasteiger partial charge in [-0.2, -0.15) is 0 Å². The van der Waals surface area contributed by atoms with Crippen molar-refractivity contribution in [1.82, 2.24) is 0 Å². The lowest BCUT2D eigenvalue weighted by molar-refractivity contribution is 0.255. The molecule has 26 heavy (non-hydrogen) atoms. The summed E-state index contributed by atoms with van der Waals surface area (Å²) in [6.07, 6.45) is 0. The first-order valence-electron chi connectivity index (χ1n) is 7.80. The van der Waals surface area contributed by atoms with Gasteiger partial charge < -0.3 is 0 Å². The van der Waals surface area contributed by atoms with Crippen LogP contribution in [0.3, 0.4) is 0 Å². The maximum atomic E-state index is 13.2. The van der Waals surface area contributed by atoms with Gasteiger partial charge in [-0.05, 0) is 42.5 Å². The standard InChI is InChI=1S/C17H13BrCl2N2O3S/c18-10-1-3-11(4-2-10)21-15-8-26(24,25)9-16(15)22(17(21)23)12-5-6-13(19)14(20)7-12/h1-7,15-16H,8-9H2/t15-,16-/m1/s1. The molecule has 2 heterocycles. The molecule has 0 radical (unpaired) electrons. The van der Waals surface area contributed by atoms with E-state index in [-0.39, 0.29) is 17.5 Å². The Kier molecular flexibility index (Phi) is 4.46. The summed E-state index contributed by atoms with van der Waals surface area (Å²) in [4.78, 5) is 16.3. The van der Waals surface area contributed by atoms with Crippen LogP contribution in [0.1, 0.15) is 0 Å². The average molecular weight is 476 g/mol. The molecular formula is C17H13BrCl2N2O3S. The lowest BCUT2D eigenvalue weighted by Gasteiger charge is -2.23. The van der Waals surface area contributed by atoms with E-state index in [1.54, 1.807) is 35.2 Å². The number of carbonyl (C=O) groups is 1. The van der Waals surface area contributed by atoms with Gasteiger partial charge in [0.15, 0.2) is 9.84 Å². The second-order valence-corrected chi connectivity index (χ2v) is 10.2. The van der Waals surface area contributed by atoms with E-state index < -0.39 is 21.9 Å². The quantitative estimate of drug-likeness (QED) is 0.606. The fraction of sp³-hybridized carbons (Fsp3) is 0.235. The number of carbonyl (C=O) groups excluding carboxylic acids is 1. The Morgan fingerprint density at radius 2 is 1.42 bits per heavy atom. The predicted molar refractivity (Wildman–Crippen MR) is 107 cm³/mol. The van der Waals surface area contributed by atoms with Crippen molar-refractivity contribution in [1.29, 1.82) is 0 Å². The number of benzene rings is 2. The van der Waals surface area contributed by atoms with Gasteiger partial charge in [-0.15, -0.1) is 0 Å². The first-order valence-corrected chi connectivity index (χ1v) is 11.2. The van der Waals surface area contributed by atoms with Crippen LogP contribution in [0.5, 0.6) is 0 Å². The highest BCUT2D eigenvalue weighted by Gasteiger charge is 2.54. The molecule has 2 saturated heterocycles. The number of hydrogen-bond acceptors (Lipinski definition) is 3. The largest absolute Gasteiger partial charge is 0.329 e. The second kappa shape index (κ2) is 6.41. The lowest BCUT2D eigenvalue weighted by Crippen LogP contribution is -2.37. The summed E-state index contributed by atoms with van der Waals surface area (Å²) in [5.41, 5.74) is 1.20. The highest BCUT2D eigenvalue weighted by molar-refractivity contribution is 9.10. The number of sulfone groups is 1. The molecule has 136 valence electrons. The van der Waals surface area contributed by atoms with Gasteiger partial charge in [0.1, 0.15) is 0 Å². The van der Waals surface area contributed by atoms with Crippen molar-refractivity contribution >= 4 is 66.4 Å². The van der Waals surface area contributed by atoms with Crippen molar-refractivity contribution in [3.8, 4) is 0 Å². The SMILES string of the molecule is O=C1N(c2ccc(Br)cc2)[C@@H]2CS(=O)(=O)C[C@H]2N1c1ccc(Cl)c(Cl)c1. The van der Waals surface area contributed by atoms with E-state index in [0.717, 1.165) is 4.47 Å². The molecule has 0 aromatic heterocycles. The predicted octanol–water partition coefficient (Wildman–Crippen LogP) is 4.37. The van der Waals surface area contributed by atoms with Gasteiger partial charge in [-0.1, -0.05) is 39.1 Å². The van der Waals surface area contributed by atoms with E-state index in [0.29, 0.717) is 21.4 Å². The number of urea groups is 1. The zero-order chi connectivity index (χ0) is 18.6. The highest BCUT2D eigenvalue weighted by atomic mass is 79.9. The van der Waals surface area contributed by atoms with Crippen LogP contribution < -0.4 is 9.80 Å². The average Bonchev–Trinajstić information content (AvgIpc) is 3.00. The highest BCUT2D eigenvalue weighted by Crippen LogP contribution is 2.39. The summed E-state index contributed by atoms with van der Waals surface area (Å²) in [7, 11) is -3.24. The summed E-state index contributed by atoms with van der Waals surface area (Å²) < 4.78 is 25.4. The molecule has 0 spiro atoms. The Morgan fingerprint density at radius 1 is 0.885 bits per heavy atom. The number of fused-ring (bicyclic) bond motifs is 1. The van der Waals surface area contributed by atoms with Crippen LogP contribution in [0.2, 0.25) is 10.0 Å². The first-order chi connectivity index (χ1) is 12.3. The minimum Gasteiger partial charge on any atom is -0.288 e. The van der Waals surface area contributed by atoms with Crippen molar-refractivity contribution in [3.63, 3.8) is 0 Å². The number of anilines is 2. The number of hydrogen-bond donors (Lipinski definition) is 0. The van der Waals surface area contributed by atoms with Gasteiger partial charge in [-0.25, -0.2) is 13.2 Å². The Labute approximate surface area is 169 Å². The van der Waals surface area contributed by atoms with E-state index >= 15 is 0 Å². The van der Waals surface area contributed by atoms with Gasteiger partial charge in [0, 0.05) is 15.8 Å². The summed E-state index contributed by atoms with van der Waals surface area (Å²) in [5, 5.41) is 0.693. The van der Waals surface area contributed by atoms with Crippen LogP contribution in [0.15, 0.2) is 46.9 Å². The van der Waals surface area contributed by atoms with Crippen molar-refractivity contribution in [3.05, 3.63) is 57.0 Å². The van der Waals surface area contributed by atoms with Crippen molar-refractivity contribution < 1.29 is 13.2 Å². The molecule has 0 unspecified atom stereocenters. The molecule has 9 heteroatoms. The van der Waals surface area contributed by atoms with Crippen LogP contribution in [-0.2, 0) is 9.84 Å². The number of rotatable bonds is 2. The summed E-state index contributed by atoms with van der Waals surface area (Å²) >= 11 is 15.4. The van der Waals surface area contributed by atoms with Crippen LogP contribution in [0, 0.1) is 0 Å². The number of nitrogens with zero attached hydrogens (tertiary/aromatic N) is 2. The maximum Gasteiger partial charge on any atom is 0.329 e. The minimum absolute atomic E-state index is 0.0582. The van der Waals surface area contributed by atoms with Crippen LogP contribution in [0.4, 0.5) is 16.2 Å². The molecule has 4 rings (SSSR count). The normalized spacial score (nSPS) is 24.2. The lowest BCUT2D eigenvalue weighted by atomic mass is 10.1. The van der Waals surface area contributed by atoms with E-state index in [9.17, 15) is 13.2 Å². The first kappa shape index (κ1) is 18.1. The Morgan fingerprint density at radius 3 is 2.00 bits per heavy atom. The van der Waals surface area contributed by atoms with E-state index in [4.69, 9.17) is 23.2 Å². The molecular weight excluding hydrogens is 463 g/mol. The van der Waals surface area contributed by atoms with Gasteiger partial charge in [-0.3, -0.25) is 9.80 Å². The Bertz CT molecular complexity index is 998. The minimum atomic E-state index is -3.24. The van der Waals surface area contributed by atoms with Crippen molar-refractivity contribution in [2.24, 2.45) is 0 Å². The van der Waals surface area contributed by atoms with Crippen LogP contribution in [-0.4, -0.2) is 38.0 Å².